The van der Waals surface area contributed by atoms with Gasteiger partial charge in [-0.3, -0.25) is 9.59 Å². The molecule has 0 spiro atoms. The second kappa shape index (κ2) is 7.88. The Labute approximate surface area is 149 Å². The lowest BCUT2D eigenvalue weighted by Crippen LogP contribution is -2.50. The Bertz CT molecular complexity index is 608. The molecule has 0 atom stereocenters. The molecule has 1 aromatic rings. The lowest BCUT2D eigenvalue weighted by molar-refractivity contribution is -0.134. The van der Waals surface area contributed by atoms with Crippen LogP contribution < -0.4 is 10.2 Å². The van der Waals surface area contributed by atoms with Crippen LogP contribution in [0.3, 0.4) is 0 Å². The Morgan fingerprint density at radius 1 is 1.04 bits per heavy atom. The monoisotopic (exact) mass is 351 g/mol. The van der Waals surface area contributed by atoms with E-state index in [0.29, 0.717) is 18.1 Å². The molecule has 1 aromatic carbocycles. The van der Waals surface area contributed by atoms with Gasteiger partial charge in [0.25, 0.3) is 0 Å². The van der Waals surface area contributed by atoms with Crippen molar-refractivity contribution in [2.75, 3.05) is 36.4 Å². The number of piperazine rings is 1. The summed E-state index contributed by atoms with van der Waals surface area (Å²) in [4.78, 5) is 28.3. The zero-order valence-electron chi connectivity index (χ0n) is 14.8. The van der Waals surface area contributed by atoms with Gasteiger partial charge in [0.15, 0.2) is 0 Å². The number of hydrogen-bond acceptors (Lipinski definition) is 3. The summed E-state index contributed by atoms with van der Waals surface area (Å²) in [5.74, 6) is 0.0801. The van der Waals surface area contributed by atoms with E-state index in [2.05, 4.69) is 10.2 Å². The second-order valence-corrected chi connectivity index (χ2v) is 7.21. The summed E-state index contributed by atoms with van der Waals surface area (Å²) in [7, 11) is 0. The highest BCUT2D eigenvalue weighted by Crippen LogP contribution is 2.30. The molecule has 1 N–H and O–H groups in total. The fraction of sp³-hybridized carbons (Fsp3) is 0.556. The highest BCUT2D eigenvalue weighted by molar-refractivity contribution is 6.31. The van der Waals surface area contributed by atoms with Gasteiger partial charge in [0.2, 0.25) is 11.8 Å². The minimum absolute atomic E-state index is 0.0213. The quantitative estimate of drug-likeness (QED) is 0.906. The Morgan fingerprint density at radius 3 is 2.21 bits per heavy atom. The predicted molar refractivity (Wildman–Crippen MR) is 98.6 cm³/mol. The van der Waals surface area contributed by atoms with Crippen molar-refractivity contribution in [2.24, 2.45) is 11.8 Å². The van der Waals surface area contributed by atoms with Crippen LogP contribution in [-0.4, -0.2) is 42.9 Å². The minimum Gasteiger partial charge on any atom is -0.366 e. The molecule has 132 valence electrons. The zero-order chi connectivity index (χ0) is 17.9. The van der Waals surface area contributed by atoms with Crippen molar-refractivity contribution in [1.29, 1.82) is 0 Å². The predicted octanol–water partition coefficient (Wildman–Crippen LogP) is 3.24. The van der Waals surface area contributed by atoms with Crippen molar-refractivity contribution in [2.45, 2.75) is 27.7 Å². The number of anilines is 2. The zero-order valence-corrected chi connectivity index (χ0v) is 15.6. The highest BCUT2D eigenvalue weighted by atomic mass is 35.5. The Balaban J connectivity index is 2.12. The number of nitrogens with one attached hydrogen (secondary N) is 1. The molecule has 1 fully saturated rings. The smallest absolute Gasteiger partial charge is 0.226 e. The molecule has 0 saturated carbocycles. The SMILES string of the molecule is CC(C)C(=O)Nc1cc(Cl)ccc1N1CCN(C(=O)C(C)C)CC1. The van der Waals surface area contributed by atoms with E-state index in [1.54, 1.807) is 6.07 Å². The maximum Gasteiger partial charge on any atom is 0.226 e. The maximum atomic E-state index is 12.1. The highest BCUT2D eigenvalue weighted by Gasteiger charge is 2.24. The number of carbonyl (C=O) groups excluding carboxylic acids is 2. The van der Waals surface area contributed by atoms with Crippen LogP contribution in [0.25, 0.3) is 0 Å². The van der Waals surface area contributed by atoms with Gasteiger partial charge in [-0.25, -0.2) is 0 Å². The molecule has 1 heterocycles. The van der Waals surface area contributed by atoms with Crippen LogP contribution in [0.5, 0.6) is 0 Å². The number of carbonyl (C=O) groups is 2. The summed E-state index contributed by atoms with van der Waals surface area (Å²) in [6.07, 6.45) is 0. The molecule has 0 aromatic heterocycles. The first-order valence-corrected chi connectivity index (χ1v) is 8.81. The molecule has 0 radical (unpaired) electrons. The summed E-state index contributed by atoms with van der Waals surface area (Å²) in [5.41, 5.74) is 1.68. The average Bonchev–Trinajstić information content (AvgIpc) is 2.54. The van der Waals surface area contributed by atoms with E-state index in [9.17, 15) is 9.59 Å². The van der Waals surface area contributed by atoms with Crippen LogP contribution in [0.2, 0.25) is 5.02 Å². The van der Waals surface area contributed by atoms with Gasteiger partial charge < -0.3 is 15.1 Å². The first kappa shape index (κ1) is 18.6. The van der Waals surface area contributed by atoms with Gasteiger partial charge in [0.05, 0.1) is 11.4 Å². The average molecular weight is 352 g/mol. The van der Waals surface area contributed by atoms with Crippen LogP contribution in [0.4, 0.5) is 11.4 Å². The summed E-state index contributed by atoms with van der Waals surface area (Å²) >= 11 is 6.10. The molecule has 2 rings (SSSR count). The first-order valence-electron chi connectivity index (χ1n) is 8.43. The van der Waals surface area contributed by atoms with E-state index in [0.717, 1.165) is 24.5 Å². The number of rotatable bonds is 4. The fourth-order valence-corrected chi connectivity index (χ4v) is 2.87. The molecular formula is C18H26ClN3O2. The Morgan fingerprint density at radius 2 is 1.67 bits per heavy atom. The van der Waals surface area contributed by atoms with Crippen LogP contribution in [-0.2, 0) is 9.59 Å². The lowest BCUT2D eigenvalue weighted by Gasteiger charge is -2.37. The number of hydrogen-bond donors (Lipinski definition) is 1. The molecular weight excluding hydrogens is 326 g/mol. The summed E-state index contributed by atoms with van der Waals surface area (Å²) in [5, 5.41) is 3.54. The van der Waals surface area contributed by atoms with E-state index in [1.165, 1.54) is 0 Å². The van der Waals surface area contributed by atoms with E-state index < -0.39 is 0 Å². The third-order valence-corrected chi connectivity index (χ3v) is 4.40. The first-order chi connectivity index (χ1) is 11.3. The largest absolute Gasteiger partial charge is 0.366 e. The Kier molecular flexibility index (Phi) is 6.10. The van der Waals surface area contributed by atoms with Gasteiger partial charge in [0, 0.05) is 43.0 Å². The van der Waals surface area contributed by atoms with Crippen LogP contribution in [0, 0.1) is 11.8 Å². The van der Waals surface area contributed by atoms with Gasteiger partial charge in [-0.05, 0) is 18.2 Å². The summed E-state index contributed by atoms with van der Waals surface area (Å²) in [6.45, 7) is 10.4. The molecule has 0 unspecified atom stereocenters. The van der Waals surface area contributed by atoms with E-state index in [1.807, 2.05) is 44.7 Å². The summed E-state index contributed by atoms with van der Waals surface area (Å²) in [6, 6.07) is 5.54. The standard InChI is InChI=1S/C18H26ClN3O2/c1-12(2)17(23)20-15-11-14(19)5-6-16(15)21-7-9-22(10-8-21)18(24)13(3)4/h5-6,11-13H,7-10H2,1-4H3,(H,20,23). The molecule has 1 aliphatic rings. The Hall–Kier alpha value is -1.75. The molecule has 0 aliphatic carbocycles. The van der Waals surface area contributed by atoms with Gasteiger partial charge in [-0.15, -0.1) is 0 Å². The fourth-order valence-electron chi connectivity index (χ4n) is 2.69. The number of nitrogens with zero attached hydrogens (tertiary/aromatic N) is 2. The van der Waals surface area contributed by atoms with E-state index in [4.69, 9.17) is 11.6 Å². The van der Waals surface area contributed by atoms with Crippen LogP contribution >= 0.6 is 11.6 Å². The third kappa shape index (κ3) is 4.41. The van der Waals surface area contributed by atoms with Crippen molar-refractivity contribution in [3.63, 3.8) is 0 Å². The number of benzene rings is 1. The van der Waals surface area contributed by atoms with Gasteiger partial charge in [-0.1, -0.05) is 39.3 Å². The van der Waals surface area contributed by atoms with Crippen molar-refractivity contribution in [3.8, 4) is 0 Å². The van der Waals surface area contributed by atoms with Crippen molar-refractivity contribution in [1.82, 2.24) is 4.90 Å². The van der Waals surface area contributed by atoms with Crippen molar-refractivity contribution >= 4 is 34.8 Å². The second-order valence-electron chi connectivity index (χ2n) is 6.77. The van der Waals surface area contributed by atoms with Gasteiger partial charge in [-0.2, -0.15) is 0 Å². The number of amides is 2. The summed E-state index contributed by atoms with van der Waals surface area (Å²) < 4.78 is 0. The minimum atomic E-state index is -0.0997. The normalized spacial score (nSPS) is 15.1. The molecule has 6 heteroatoms. The van der Waals surface area contributed by atoms with Crippen LogP contribution in [0.15, 0.2) is 18.2 Å². The lowest BCUT2D eigenvalue weighted by atomic mass is 10.1. The van der Waals surface area contributed by atoms with Gasteiger partial charge >= 0.3 is 0 Å². The number of halogens is 1. The molecule has 2 amide bonds. The van der Waals surface area contributed by atoms with E-state index in [-0.39, 0.29) is 23.7 Å². The van der Waals surface area contributed by atoms with Gasteiger partial charge in [0.1, 0.15) is 0 Å². The maximum absolute atomic E-state index is 12.1. The molecule has 5 nitrogen and oxygen atoms in total. The van der Waals surface area contributed by atoms with Crippen molar-refractivity contribution in [3.05, 3.63) is 23.2 Å². The molecule has 0 bridgehead atoms. The topological polar surface area (TPSA) is 52.7 Å². The van der Waals surface area contributed by atoms with Crippen molar-refractivity contribution < 1.29 is 9.59 Å². The third-order valence-electron chi connectivity index (χ3n) is 4.17. The van der Waals surface area contributed by atoms with E-state index >= 15 is 0 Å². The molecule has 24 heavy (non-hydrogen) atoms. The molecule has 1 saturated heterocycles. The van der Waals surface area contributed by atoms with Crippen LogP contribution in [0.1, 0.15) is 27.7 Å². The molecule has 1 aliphatic heterocycles.